The molecule has 0 radical (unpaired) electrons. The van der Waals surface area contributed by atoms with Crippen molar-refractivity contribution in [2.24, 2.45) is 5.41 Å². The van der Waals surface area contributed by atoms with Gasteiger partial charge in [0.15, 0.2) is 0 Å². The van der Waals surface area contributed by atoms with Gasteiger partial charge in [-0.3, -0.25) is 0 Å². The fraction of sp³-hybridized carbons (Fsp3) is 0.538. The van der Waals surface area contributed by atoms with E-state index in [4.69, 9.17) is 0 Å². The molecule has 1 aliphatic rings. The first-order valence-corrected chi connectivity index (χ1v) is 5.34. The van der Waals surface area contributed by atoms with Crippen molar-refractivity contribution in [3.8, 4) is 0 Å². The topological polar surface area (TPSA) is 40.5 Å². The molecule has 0 amide bonds. The van der Waals surface area contributed by atoms with Crippen molar-refractivity contribution in [3.05, 3.63) is 35.4 Å². The van der Waals surface area contributed by atoms with E-state index in [0.717, 1.165) is 17.5 Å². The number of hydrogen-bond donors (Lipinski definition) is 2. The molecule has 0 spiro atoms. The summed E-state index contributed by atoms with van der Waals surface area (Å²) in [5.74, 6) is 0. The van der Waals surface area contributed by atoms with Crippen LogP contribution in [0.5, 0.6) is 0 Å². The SMILES string of the molecule is CC1(C)Cc2ccccc2[C@@](C)(O)[C@H]1O. The van der Waals surface area contributed by atoms with E-state index in [0.29, 0.717) is 0 Å². The third-order valence-corrected chi connectivity index (χ3v) is 3.48. The first-order valence-electron chi connectivity index (χ1n) is 5.34. The summed E-state index contributed by atoms with van der Waals surface area (Å²) in [7, 11) is 0. The zero-order valence-electron chi connectivity index (χ0n) is 9.49. The smallest absolute Gasteiger partial charge is 0.113 e. The van der Waals surface area contributed by atoms with E-state index in [2.05, 4.69) is 0 Å². The zero-order chi connectivity index (χ0) is 11.3. The molecule has 0 fully saturated rings. The second-order valence-corrected chi connectivity index (χ2v) is 5.37. The van der Waals surface area contributed by atoms with Crippen LogP contribution in [0, 0.1) is 5.41 Å². The maximum atomic E-state index is 10.4. The summed E-state index contributed by atoms with van der Waals surface area (Å²) in [4.78, 5) is 0. The van der Waals surface area contributed by atoms with Gasteiger partial charge in [-0.2, -0.15) is 0 Å². The van der Waals surface area contributed by atoms with Crippen LogP contribution in [0.15, 0.2) is 24.3 Å². The molecule has 82 valence electrons. The van der Waals surface area contributed by atoms with Gasteiger partial charge in [-0.15, -0.1) is 0 Å². The molecule has 2 nitrogen and oxygen atoms in total. The molecular formula is C13H18O2. The molecule has 1 aromatic carbocycles. The van der Waals surface area contributed by atoms with E-state index in [1.165, 1.54) is 0 Å². The number of fused-ring (bicyclic) bond motifs is 1. The van der Waals surface area contributed by atoms with Crippen molar-refractivity contribution < 1.29 is 10.2 Å². The molecule has 0 saturated carbocycles. The Balaban J connectivity index is 2.59. The zero-order valence-corrected chi connectivity index (χ0v) is 9.49. The number of aliphatic hydroxyl groups is 2. The molecule has 2 heteroatoms. The fourth-order valence-electron chi connectivity index (χ4n) is 2.66. The quantitative estimate of drug-likeness (QED) is 0.680. The lowest BCUT2D eigenvalue weighted by Crippen LogP contribution is -2.51. The standard InChI is InChI=1S/C13H18O2/c1-12(2)8-9-6-4-5-7-10(9)13(3,15)11(12)14/h4-7,11,14-15H,8H2,1-3H3/t11-,13+/m0/s1. The predicted octanol–water partition coefficient (Wildman–Crippen LogP) is 1.84. The Bertz CT molecular complexity index is 380. The van der Waals surface area contributed by atoms with Gasteiger partial charge in [-0.05, 0) is 29.9 Å². The van der Waals surface area contributed by atoms with Crippen LogP contribution in [-0.4, -0.2) is 16.3 Å². The molecule has 15 heavy (non-hydrogen) atoms. The molecule has 0 bridgehead atoms. The number of hydrogen-bond acceptors (Lipinski definition) is 2. The van der Waals surface area contributed by atoms with Crippen molar-refractivity contribution in [2.75, 3.05) is 0 Å². The lowest BCUT2D eigenvalue weighted by molar-refractivity contribution is -0.129. The maximum Gasteiger partial charge on any atom is 0.113 e. The van der Waals surface area contributed by atoms with Crippen LogP contribution in [0.25, 0.3) is 0 Å². The Morgan fingerprint density at radius 3 is 2.47 bits per heavy atom. The molecule has 1 aliphatic carbocycles. The summed E-state index contributed by atoms with van der Waals surface area (Å²) in [6.45, 7) is 5.67. The first kappa shape index (κ1) is 10.7. The molecule has 2 rings (SSSR count). The lowest BCUT2D eigenvalue weighted by Gasteiger charge is -2.45. The van der Waals surface area contributed by atoms with E-state index >= 15 is 0 Å². The summed E-state index contributed by atoms with van der Waals surface area (Å²) in [5.41, 5.74) is 0.575. The van der Waals surface area contributed by atoms with Gasteiger partial charge in [0.2, 0.25) is 0 Å². The number of aliphatic hydroxyl groups excluding tert-OH is 1. The van der Waals surface area contributed by atoms with Gasteiger partial charge in [0.25, 0.3) is 0 Å². The normalized spacial score (nSPS) is 33.5. The molecule has 1 aromatic rings. The minimum Gasteiger partial charge on any atom is -0.389 e. The summed E-state index contributed by atoms with van der Waals surface area (Å²) in [5, 5.41) is 20.5. The highest BCUT2D eigenvalue weighted by Gasteiger charge is 2.47. The third-order valence-electron chi connectivity index (χ3n) is 3.48. The average molecular weight is 206 g/mol. The highest BCUT2D eigenvalue weighted by molar-refractivity contribution is 5.37. The van der Waals surface area contributed by atoms with Crippen molar-refractivity contribution in [3.63, 3.8) is 0 Å². The van der Waals surface area contributed by atoms with Crippen molar-refractivity contribution in [2.45, 2.75) is 38.9 Å². The van der Waals surface area contributed by atoms with Crippen LogP contribution >= 0.6 is 0 Å². The average Bonchev–Trinajstić information content (AvgIpc) is 2.15. The van der Waals surface area contributed by atoms with Gasteiger partial charge in [-0.25, -0.2) is 0 Å². The maximum absolute atomic E-state index is 10.4. The molecular weight excluding hydrogens is 188 g/mol. The van der Waals surface area contributed by atoms with Crippen molar-refractivity contribution in [1.29, 1.82) is 0 Å². The molecule has 0 aromatic heterocycles. The van der Waals surface area contributed by atoms with Crippen LogP contribution in [-0.2, 0) is 12.0 Å². The second-order valence-electron chi connectivity index (χ2n) is 5.37. The van der Waals surface area contributed by atoms with Crippen LogP contribution in [0.4, 0.5) is 0 Å². The van der Waals surface area contributed by atoms with Crippen molar-refractivity contribution >= 4 is 0 Å². The van der Waals surface area contributed by atoms with Gasteiger partial charge in [-0.1, -0.05) is 38.1 Å². The Hall–Kier alpha value is -0.860. The Morgan fingerprint density at radius 1 is 1.20 bits per heavy atom. The second kappa shape index (κ2) is 3.06. The van der Waals surface area contributed by atoms with Crippen molar-refractivity contribution in [1.82, 2.24) is 0 Å². The van der Waals surface area contributed by atoms with Gasteiger partial charge in [0.1, 0.15) is 5.60 Å². The molecule has 0 aliphatic heterocycles. The van der Waals surface area contributed by atoms with Crippen LogP contribution in [0.3, 0.4) is 0 Å². The van der Waals surface area contributed by atoms with Gasteiger partial charge in [0, 0.05) is 0 Å². The van der Waals surface area contributed by atoms with Crippen LogP contribution in [0.2, 0.25) is 0 Å². The third kappa shape index (κ3) is 1.48. The van der Waals surface area contributed by atoms with E-state index < -0.39 is 11.7 Å². The fourth-order valence-corrected chi connectivity index (χ4v) is 2.66. The van der Waals surface area contributed by atoms with Crippen LogP contribution < -0.4 is 0 Å². The molecule has 2 atom stereocenters. The van der Waals surface area contributed by atoms with Gasteiger partial charge < -0.3 is 10.2 Å². The highest BCUT2D eigenvalue weighted by atomic mass is 16.3. The minimum absolute atomic E-state index is 0.280. The Kier molecular flexibility index (Phi) is 2.18. The van der Waals surface area contributed by atoms with E-state index in [9.17, 15) is 10.2 Å². The van der Waals surface area contributed by atoms with E-state index in [1.807, 2.05) is 38.1 Å². The summed E-state index contributed by atoms with van der Waals surface area (Å²) < 4.78 is 0. The lowest BCUT2D eigenvalue weighted by atomic mass is 9.65. The first-order chi connectivity index (χ1) is 6.86. The summed E-state index contributed by atoms with van der Waals surface area (Å²) in [6, 6.07) is 7.80. The Labute approximate surface area is 90.6 Å². The Morgan fingerprint density at radius 2 is 1.80 bits per heavy atom. The highest BCUT2D eigenvalue weighted by Crippen LogP contribution is 2.44. The van der Waals surface area contributed by atoms with Gasteiger partial charge in [0.05, 0.1) is 6.10 Å². The van der Waals surface area contributed by atoms with Gasteiger partial charge >= 0.3 is 0 Å². The largest absolute Gasteiger partial charge is 0.389 e. The predicted molar refractivity (Wildman–Crippen MR) is 59.5 cm³/mol. The molecule has 2 N–H and O–H groups in total. The van der Waals surface area contributed by atoms with E-state index in [1.54, 1.807) is 6.92 Å². The molecule has 0 unspecified atom stereocenters. The van der Waals surface area contributed by atoms with Crippen LogP contribution in [0.1, 0.15) is 31.9 Å². The molecule has 0 saturated heterocycles. The minimum atomic E-state index is -1.14. The monoisotopic (exact) mass is 206 g/mol. The molecule has 0 heterocycles. The number of rotatable bonds is 0. The number of benzene rings is 1. The van der Waals surface area contributed by atoms with E-state index in [-0.39, 0.29) is 5.41 Å². The summed E-state index contributed by atoms with van der Waals surface area (Å²) >= 11 is 0. The summed E-state index contributed by atoms with van der Waals surface area (Å²) in [6.07, 6.45) is 0.0837.